The van der Waals surface area contributed by atoms with Gasteiger partial charge in [0.25, 0.3) is 0 Å². The first-order chi connectivity index (χ1) is 6.81. The quantitative estimate of drug-likeness (QED) is 0.620. The van der Waals surface area contributed by atoms with Crippen LogP contribution in [0.1, 0.15) is 18.1 Å². The SMILES string of the molecule is C/C=C/c1cccc2ccc(C)cc12. The number of aryl methyl sites for hydroxylation is 1. The van der Waals surface area contributed by atoms with Crippen LogP contribution in [0.3, 0.4) is 0 Å². The van der Waals surface area contributed by atoms with Crippen molar-refractivity contribution < 1.29 is 0 Å². The van der Waals surface area contributed by atoms with Crippen LogP contribution in [-0.2, 0) is 0 Å². The molecule has 0 radical (unpaired) electrons. The minimum Gasteiger partial charge on any atom is -0.0870 e. The van der Waals surface area contributed by atoms with Crippen LogP contribution in [0.5, 0.6) is 0 Å². The lowest BCUT2D eigenvalue weighted by Crippen LogP contribution is -1.79. The van der Waals surface area contributed by atoms with Gasteiger partial charge >= 0.3 is 0 Å². The average molecular weight is 182 g/mol. The molecule has 0 fully saturated rings. The van der Waals surface area contributed by atoms with E-state index in [0.29, 0.717) is 0 Å². The summed E-state index contributed by atoms with van der Waals surface area (Å²) in [5.74, 6) is 0. The smallest absolute Gasteiger partial charge is 0.0109 e. The third-order valence-corrected chi connectivity index (χ3v) is 2.42. The van der Waals surface area contributed by atoms with Crippen molar-refractivity contribution >= 4 is 16.8 Å². The molecule has 2 aromatic rings. The van der Waals surface area contributed by atoms with E-state index in [-0.39, 0.29) is 0 Å². The van der Waals surface area contributed by atoms with Crippen LogP contribution in [0.25, 0.3) is 16.8 Å². The summed E-state index contributed by atoms with van der Waals surface area (Å²) < 4.78 is 0. The predicted molar refractivity (Wildman–Crippen MR) is 63.4 cm³/mol. The Balaban J connectivity index is 2.77. The Morgan fingerprint density at radius 1 is 1.07 bits per heavy atom. The van der Waals surface area contributed by atoms with Gasteiger partial charge in [-0.15, -0.1) is 0 Å². The van der Waals surface area contributed by atoms with Crippen LogP contribution in [0.4, 0.5) is 0 Å². The van der Waals surface area contributed by atoms with Crippen molar-refractivity contribution in [3.8, 4) is 0 Å². The molecular formula is C14H14. The molecule has 0 bridgehead atoms. The van der Waals surface area contributed by atoms with Crippen molar-refractivity contribution in [3.63, 3.8) is 0 Å². The zero-order chi connectivity index (χ0) is 9.97. The maximum absolute atomic E-state index is 2.24. The third kappa shape index (κ3) is 1.56. The molecule has 0 amide bonds. The molecule has 0 aliphatic heterocycles. The molecule has 0 saturated carbocycles. The average Bonchev–Trinajstić information content (AvgIpc) is 2.19. The van der Waals surface area contributed by atoms with Gasteiger partial charge in [0.05, 0.1) is 0 Å². The zero-order valence-electron chi connectivity index (χ0n) is 8.62. The summed E-state index contributed by atoms with van der Waals surface area (Å²) in [5.41, 5.74) is 2.61. The van der Waals surface area contributed by atoms with E-state index in [1.54, 1.807) is 0 Å². The predicted octanol–water partition coefficient (Wildman–Crippen LogP) is 4.18. The fourth-order valence-corrected chi connectivity index (χ4v) is 1.74. The highest BCUT2D eigenvalue weighted by atomic mass is 14.0. The lowest BCUT2D eigenvalue weighted by atomic mass is 10.0. The molecule has 2 aromatic carbocycles. The van der Waals surface area contributed by atoms with Gasteiger partial charge in [0.15, 0.2) is 0 Å². The van der Waals surface area contributed by atoms with Crippen molar-refractivity contribution in [2.75, 3.05) is 0 Å². The number of allylic oxidation sites excluding steroid dienone is 1. The highest BCUT2D eigenvalue weighted by Gasteiger charge is 1.97. The molecule has 0 saturated heterocycles. The Morgan fingerprint density at radius 3 is 2.71 bits per heavy atom. The molecule has 0 aliphatic rings. The fraction of sp³-hybridized carbons (Fsp3) is 0.143. The van der Waals surface area contributed by atoms with Crippen LogP contribution in [0.15, 0.2) is 42.5 Å². The molecule has 2 rings (SSSR count). The summed E-state index contributed by atoms with van der Waals surface area (Å²) in [4.78, 5) is 0. The third-order valence-electron chi connectivity index (χ3n) is 2.42. The summed E-state index contributed by atoms with van der Waals surface area (Å²) >= 11 is 0. The van der Waals surface area contributed by atoms with Gasteiger partial charge < -0.3 is 0 Å². The first-order valence-corrected chi connectivity index (χ1v) is 4.93. The monoisotopic (exact) mass is 182 g/mol. The summed E-state index contributed by atoms with van der Waals surface area (Å²) in [5, 5.41) is 2.65. The Hall–Kier alpha value is -1.56. The summed E-state index contributed by atoms with van der Waals surface area (Å²) in [6.07, 6.45) is 4.23. The normalized spacial score (nSPS) is 11.3. The number of hydrogen-bond donors (Lipinski definition) is 0. The first-order valence-electron chi connectivity index (χ1n) is 4.93. The van der Waals surface area contributed by atoms with Crippen LogP contribution in [-0.4, -0.2) is 0 Å². The van der Waals surface area contributed by atoms with Gasteiger partial charge in [0.2, 0.25) is 0 Å². The first kappa shape index (κ1) is 9.01. The Labute approximate surface area is 84.9 Å². The van der Waals surface area contributed by atoms with Gasteiger partial charge in [-0.3, -0.25) is 0 Å². The number of rotatable bonds is 1. The van der Waals surface area contributed by atoms with Crippen LogP contribution >= 0.6 is 0 Å². The molecule has 0 nitrogen and oxygen atoms in total. The van der Waals surface area contributed by atoms with Crippen LogP contribution in [0.2, 0.25) is 0 Å². The van der Waals surface area contributed by atoms with Gasteiger partial charge in [-0.05, 0) is 30.2 Å². The molecule has 0 heterocycles. The maximum atomic E-state index is 2.24. The molecule has 0 heteroatoms. The Bertz CT molecular complexity index is 478. The largest absolute Gasteiger partial charge is 0.0870 e. The van der Waals surface area contributed by atoms with Crippen molar-refractivity contribution in [1.82, 2.24) is 0 Å². The lowest BCUT2D eigenvalue weighted by Gasteiger charge is -2.03. The topological polar surface area (TPSA) is 0 Å². The van der Waals surface area contributed by atoms with E-state index in [0.717, 1.165) is 0 Å². The molecule has 14 heavy (non-hydrogen) atoms. The molecule has 0 spiro atoms. The number of fused-ring (bicyclic) bond motifs is 1. The second kappa shape index (κ2) is 3.67. The summed E-state index contributed by atoms with van der Waals surface area (Å²) in [6.45, 7) is 4.18. The standard InChI is InChI=1S/C14H14/c1-3-5-12-6-4-7-13-9-8-11(2)10-14(12)13/h3-10H,1-2H3/b5-3+. The van der Waals surface area contributed by atoms with Crippen molar-refractivity contribution in [3.05, 3.63) is 53.6 Å². The Morgan fingerprint density at radius 2 is 1.93 bits per heavy atom. The van der Waals surface area contributed by atoms with E-state index < -0.39 is 0 Å². The van der Waals surface area contributed by atoms with Crippen LogP contribution in [0, 0.1) is 6.92 Å². The molecule has 0 atom stereocenters. The maximum Gasteiger partial charge on any atom is -0.0109 e. The molecule has 70 valence electrons. The van der Waals surface area contributed by atoms with Gasteiger partial charge in [-0.1, -0.05) is 54.1 Å². The molecule has 0 aliphatic carbocycles. The van der Waals surface area contributed by atoms with Gasteiger partial charge in [0, 0.05) is 0 Å². The highest BCUT2D eigenvalue weighted by Crippen LogP contribution is 2.21. The molecular weight excluding hydrogens is 168 g/mol. The van der Waals surface area contributed by atoms with Crippen LogP contribution < -0.4 is 0 Å². The van der Waals surface area contributed by atoms with Gasteiger partial charge in [-0.2, -0.15) is 0 Å². The van der Waals surface area contributed by atoms with Crippen molar-refractivity contribution in [2.24, 2.45) is 0 Å². The number of benzene rings is 2. The molecule has 0 unspecified atom stereocenters. The summed E-state index contributed by atoms with van der Waals surface area (Å²) in [7, 11) is 0. The van der Waals surface area contributed by atoms with E-state index in [2.05, 4.69) is 62.4 Å². The Kier molecular flexibility index (Phi) is 2.36. The van der Waals surface area contributed by atoms with E-state index in [1.807, 2.05) is 0 Å². The van der Waals surface area contributed by atoms with Crippen molar-refractivity contribution in [2.45, 2.75) is 13.8 Å². The van der Waals surface area contributed by atoms with Gasteiger partial charge in [-0.25, -0.2) is 0 Å². The second-order valence-corrected chi connectivity index (χ2v) is 3.57. The number of hydrogen-bond acceptors (Lipinski definition) is 0. The van der Waals surface area contributed by atoms with Crippen molar-refractivity contribution in [1.29, 1.82) is 0 Å². The van der Waals surface area contributed by atoms with E-state index in [1.165, 1.54) is 21.9 Å². The minimum absolute atomic E-state index is 1.30. The van der Waals surface area contributed by atoms with E-state index in [4.69, 9.17) is 0 Å². The highest BCUT2D eigenvalue weighted by molar-refractivity contribution is 5.91. The van der Waals surface area contributed by atoms with E-state index >= 15 is 0 Å². The van der Waals surface area contributed by atoms with E-state index in [9.17, 15) is 0 Å². The minimum atomic E-state index is 1.30. The molecule has 0 N–H and O–H groups in total. The zero-order valence-corrected chi connectivity index (χ0v) is 8.62. The summed E-state index contributed by atoms with van der Waals surface area (Å²) in [6, 6.07) is 13.0. The fourth-order valence-electron chi connectivity index (χ4n) is 1.74. The molecule has 0 aromatic heterocycles. The lowest BCUT2D eigenvalue weighted by molar-refractivity contribution is 1.50. The second-order valence-electron chi connectivity index (χ2n) is 3.57. The van der Waals surface area contributed by atoms with Gasteiger partial charge in [0.1, 0.15) is 0 Å².